The van der Waals surface area contributed by atoms with E-state index in [-0.39, 0.29) is 0 Å². The zero-order valence-electron chi connectivity index (χ0n) is 16.3. The third kappa shape index (κ3) is 5.84. The number of nitrogens with zero attached hydrogens (tertiary/aromatic N) is 2. The van der Waals surface area contributed by atoms with E-state index in [4.69, 9.17) is 14.5 Å². The van der Waals surface area contributed by atoms with Gasteiger partial charge in [0.1, 0.15) is 5.75 Å². The lowest BCUT2D eigenvalue weighted by molar-refractivity contribution is 0.0389. The van der Waals surface area contributed by atoms with Crippen LogP contribution in [0.3, 0.4) is 0 Å². The van der Waals surface area contributed by atoms with E-state index < -0.39 is 0 Å². The molecule has 1 aliphatic rings. The van der Waals surface area contributed by atoms with Gasteiger partial charge in [-0.15, -0.1) is 0 Å². The Bertz CT molecular complexity index is 757. The summed E-state index contributed by atoms with van der Waals surface area (Å²) in [5.74, 6) is 1.74. The molecule has 2 aromatic rings. The quantitative estimate of drug-likeness (QED) is 0.578. The standard InChI is InChI=1S/C21H30N4O2/c1-3-22-21(23-8-9-25-10-12-27-13-11-25)24-16-17-4-5-19-15-20(26-2)7-6-18(19)14-17/h4-7,14-15H,3,8-13,16H2,1-2H3,(H2,22,23,24). The largest absolute Gasteiger partial charge is 0.497 e. The maximum absolute atomic E-state index is 5.39. The van der Waals surface area contributed by atoms with Crippen LogP contribution in [0.4, 0.5) is 0 Å². The molecule has 6 nitrogen and oxygen atoms in total. The van der Waals surface area contributed by atoms with Gasteiger partial charge in [0.05, 0.1) is 26.9 Å². The third-order valence-electron chi connectivity index (χ3n) is 4.70. The second-order valence-electron chi connectivity index (χ2n) is 6.62. The Labute approximate surface area is 161 Å². The number of benzene rings is 2. The average Bonchev–Trinajstić information content (AvgIpc) is 2.72. The van der Waals surface area contributed by atoms with Gasteiger partial charge in [-0.05, 0) is 41.5 Å². The zero-order valence-corrected chi connectivity index (χ0v) is 16.3. The van der Waals surface area contributed by atoms with Crippen LogP contribution in [0.2, 0.25) is 0 Å². The molecule has 2 N–H and O–H groups in total. The van der Waals surface area contributed by atoms with Crippen molar-refractivity contribution in [2.75, 3.05) is 53.0 Å². The van der Waals surface area contributed by atoms with Crippen LogP contribution in [0.1, 0.15) is 12.5 Å². The van der Waals surface area contributed by atoms with Crippen LogP contribution >= 0.6 is 0 Å². The summed E-state index contributed by atoms with van der Waals surface area (Å²) in [6, 6.07) is 12.6. The first-order chi connectivity index (χ1) is 13.3. The van der Waals surface area contributed by atoms with E-state index >= 15 is 0 Å². The predicted molar refractivity (Wildman–Crippen MR) is 111 cm³/mol. The van der Waals surface area contributed by atoms with Gasteiger partial charge in [-0.25, -0.2) is 4.99 Å². The molecule has 1 fully saturated rings. The van der Waals surface area contributed by atoms with Crippen LogP contribution in [-0.2, 0) is 11.3 Å². The first-order valence-corrected chi connectivity index (χ1v) is 9.67. The highest BCUT2D eigenvalue weighted by molar-refractivity contribution is 5.84. The predicted octanol–water partition coefficient (Wildman–Crippen LogP) is 2.24. The Morgan fingerprint density at radius 1 is 1.11 bits per heavy atom. The second-order valence-corrected chi connectivity index (χ2v) is 6.62. The smallest absolute Gasteiger partial charge is 0.191 e. The SMILES string of the molecule is CCNC(=NCc1ccc2cc(OC)ccc2c1)NCCN1CCOCC1. The van der Waals surface area contributed by atoms with E-state index in [1.165, 1.54) is 16.3 Å². The summed E-state index contributed by atoms with van der Waals surface area (Å²) in [5.41, 5.74) is 1.19. The molecule has 0 saturated carbocycles. The summed E-state index contributed by atoms with van der Waals surface area (Å²) in [6.07, 6.45) is 0. The summed E-state index contributed by atoms with van der Waals surface area (Å²) < 4.78 is 10.7. The highest BCUT2D eigenvalue weighted by Gasteiger charge is 2.09. The average molecular weight is 370 g/mol. The molecule has 2 aromatic carbocycles. The molecule has 0 spiro atoms. The van der Waals surface area contributed by atoms with E-state index in [0.29, 0.717) is 6.54 Å². The van der Waals surface area contributed by atoms with E-state index in [1.54, 1.807) is 7.11 Å². The molecular formula is C21H30N4O2. The fourth-order valence-electron chi connectivity index (χ4n) is 3.17. The van der Waals surface area contributed by atoms with Crippen LogP contribution in [0.5, 0.6) is 5.75 Å². The molecule has 1 heterocycles. The lowest BCUT2D eigenvalue weighted by Crippen LogP contribution is -2.44. The van der Waals surface area contributed by atoms with Crippen LogP contribution in [0.15, 0.2) is 41.4 Å². The summed E-state index contributed by atoms with van der Waals surface area (Å²) in [7, 11) is 1.69. The number of methoxy groups -OCH3 is 1. The van der Waals surface area contributed by atoms with Crippen molar-refractivity contribution in [1.82, 2.24) is 15.5 Å². The minimum atomic E-state index is 0.648. The van der Waals surface area contributed by atoms with E-state index in [1.807, 2.05) is 6.07 Å². The van der Waals surface area contributed by atoms with E-state index in [2.05, 4.69) is 52.8 Å². The van der Waals surface area contributed by atoms with Crippen LogP contribution in [0, 0.1) is 0 Å². The lowest BCUT2D eigenvalue weighted by Gasteiger charge is -2.26. The Kier molecular flexibility index (Phi) is 7.30. The molecule has 1 aliphatic heterocycles. The maximum atomic E-state index is 5.39. The first-order valence-electron chi connectivity index (χ1n) is 9.67. The van der Waals surface area contributed by atoms with Crippen LogP contribution in [0.25, 0.3) is 10.8 Å². The fourth-order valence-corrected chi connectivity index (χ4v) is 3.17. The molecule has 0 unspecified atom stereocenters. The Hall–Kier alpha value is -2.31. The molecule has 27 heavy (non-hydrogen) atoms. The van der Waals surface area contributed by atoms with Gasteiger partial charge in [-0.3, -0.25) is 4.90 Å². The highest BCUT2D eigenvalue weighted by atomic mass is 16.5. The van der Waals surface area contributed by atoms with Gasteiger partial charge in [0.15, 0.2) is 5.96 Å². The second kappa shape index (κ2) is 10.1. The van der Waals surface area contributed by atoms with Gasteiger partial charge in [-0.1, -0.05) is 18.2 Å². The van der Waals surface area contributed by atoms with Gasteiger partial charge in [0.2, 0.25) is 0 Å². The number of guanidine groups is 1. The minimum Gasteiger partial charge on any atom is -0.497 e. The summed E-state index contributed by atoms with van der Waals surface area (Å²) >= 11 is 0. The van der Waals surface area contributed by atoms with Gasteiger partial charge in [0.25, 0.3) is 0 Å². The molecule has 146 valence electrons. The highest BCUT2D eigenvalue weighted by Crippen LogP contribution is 2.22. The van der Waals surface area contributed by atoms with Crippen molar-refractivity contribution in [3.05, 3.63) is 42.0 Å². The molecule has 0 radical (unpaired) electrons. The molecule has 1 saturated heterocycles. The molecule has 0 aliphatic carbocycles. The van der Waals surface area contributed by atoms with E-state index in [9.17, 15) is 0 Å². The monoisotopic (exact) mass is 370 g/mol. The fraction of sp³-hybridized carbons (Fsp3) is 0.476. The molecule has 0 atom stereocenters. The molecule has 0 aromatic heterocycles. The lowest BCUT2D eigenvalue weighted by atomic mass is 10.1. The number of ether oxygens (including phenoxy) is 2. The molecule has 0 bridgehead atoms. The zero-order chi connectivity index (χ0) is 18.9. The van der Waals surface area contributed by atoms with Gasteiger partial charge in [-0.2, -0.15) is 0 Å². The normalized spacial score (nSPS) is 15.7. The Morgan fingerprint density at radius 2 is 1.89 bits per heavy atom. The van der Waals surface area contributed by atoms with Gasteiger partial charge >= 0.3 is 0 Å². The third-order valence-corrected chi connectivity index (χ3v) is 4.70. The molecule has 6 heteroatoms. The number of nitrogens with one attached hydrogen (secondary N) is 2. The number of rotatable bonds is 7. The van der Waals surface area contributed by atoms with Crippen molar-refractivity contribution in [3.8, 4) is 5.75 Å². The Balaban J connectivity index is 1.57. The van der Waals surface area contributed by atoms with Crippen molar-refractivity contribution in [2.24, 2.45) is 4.99 Å². The van der Waals surface area contributed by atoms with Gasteiger partial charge < -0.3 is 20.1 Å². The number of morpholine rings is 1. The van der Waals surface area contributed by atoms with Crippen molar-refractivity contribution in [3.63, 3.8) is 0 Å². The van der Waals surface area contributed by atoms with E-state index in [0.717, 1.165) is 57.6 Å². The Morgan fingerprint density at radius 3 is 2.67 bits per heavy atom. The topological polar surface area (TPSA) is 58.1 Å². The summed E-state index contributed by atoms with van der Waals surface area (Å²) in [5, 5.41) is 9.13. The van der Waals surface area contributed by atoms with Crippen LogP contribution < -0.4 is 15.4 Å². The van der Waals surface area contributed by atoms with Crippen molar-refractivity contribution in [1.29, 1.82) is 0 Å². The summed E-state index contributed by atoms with van der Waals surface area (Å²) in [4.78, 5) is 7.15. The minimum absolute atomic E-state index is 0.648. The molecule has 3 rings (SSSR count). The van der Waals surface area contributed by atoms with Gasteiger partial charge in [0, 0.05) is 32.7 Å². The van der Waals surface area contributed by atoms with Crippen molar-refractivity contribution >= 4 is 16.7 Å². The number of aliphatic imine (C=N–C) groups is 1. The molecular weight excluding hydrogens is 340 g/mol. The van der Waals surface area contributed by atoms with Crippen LogP contribution in [-0.4, -0.2) is 63.9 Å². The van der Waals surface area contributed by atoms with Crippen molar-refractivity contribution < 1.29 is 9.47 Å². The number of hydrogen-bond acceptors (Lipinski definition) is 4. The van der Waals surface area contributed by atoms with Crippen molar-refractivity contribution in [2.45, 2.75) is 13.5 Å². The first kappa shape index (κ1) is 19.5. The summed E-state index contributed by atoms with van der Waals surface area (Å²) in [6.45, 7) is 9.16. The number of fused-ring (bicyclic) bond motifs is 1. The maximum Gasteiger partial charge on any atom is 0.191 e. The number of hydrogen-bond donors (Lipinski definition) is 2. The molecule has 0 amide bonds.